The largest absolute Gasteiger partial charge is 0.501 e. The maximum atomic E-state index is 12.7. The molecule has 7 aromatic carbocycles. The molecule has 0 atom stereocenters. The third-order valence-corrected chi connectivity index (χ3v) is 11.5. The van der Waals surface area contributed by atoms with Crippen molar-refractivity contribution >= 4 is 33.0 Å². The van der Waals surface area contributed by atoms with Crippen LogP contribution in [-0.2, 0) is 26.5 Å². The van der Waals surface area contributed by atoms with Crippen LogP contribution in [0, 0.1) is 30.2 Å². The summed E-state index contributed by atoms with van der Waals surface area (Å²) in [5, 5.41) is 2.10. The molecule has 0 amide bonds. The summed E-state index contributed by atoms with van der Waals surface area (Å²) in [5.41, 5.74) is 13.9. The van der Waals surface area contributed by atoms with Crippen LogP contribution in [0.1, 0.15) is 89.4 Å². The number of aryl methyl sites for hydroxylation is 1. The van der Waals surface area contributed by atoms with Gasteiger partial charge in [-0.25, -0.2) is 0 Å². The van der Waals surface area contributed by atoms with Crippen molar-refractivity contribution in [3.8, 4) is 50.6 Å². The van der Waals surface area contributed by atoms with E-state index in [0.29, 0.717) is 16.8 Å². The van der Waals surface area contributed by atoms with Crippen molar-refractivity contribution in [3.05, 3.63) is 198 Å². The Bertz CT molecular complexity index is 3450. The van der Waals surface area contributed by atoms with Crippen molar-refractivity contribution in [3.63, 3.8) is 0 Å². The number of para-hydroxylation sites is 2. The van der Waals surface area contributed by atoms with Gasteiger partial charge in [0.05, 0.1) is 22.4 Å². The fourth-order valence-corrected chi connectivity index (χ4v) is 8.42. The molecule has 0 aliphatic heterocycles. The van der Waals surface area contributed by atoms with Crippen LogP contribution in [0.5, 0.6) is 0 Å². The second-order valence-electron chi connectivity index (χ2n) is 18.2. The van der Waals surface area contributed by atoms with Gasteiger partial charge in [0.15, 0.2) is 0 Å². The Labute approximate surface area is 409 Å². The van der Waals surface area contributed by atoms with E-state index in [1.54, 1.807) is 12.1 Å². The minimum absolute atomic E-state index is 0. The molecule has 0 saturated heterocycles. The molecule has 0 aliphatic carbocycles. The number of hydrogen-bond acceptors (Lipinski definition) is 3. The third-order valence-electron chi connectivity index (χ3n) is 11.5. The minimum Gasteiger partial charge on any atom is -0.501 e. The molecular weight excluding hydrogens is 990 g/mol. The first-order valence-electron chi connectivity index (χ1n) is 24.6. The summed E-state index contributed by atoms with van der Waals surface area (Å²) in [6, 6.07) is 55.4. The first kappa shape index (κ1) is 39.9. The zero-order valence-electron chi connectivity index (χ0n) is 43.1. The number of halogens is 1. The molecule has 0 saturated carbocycles. The van der Waals surface area contributed by atoms with Gasteiger partial charge >= 0.3 is 0 Å². The third kappa shape index (κ3) is 9.58. The summed E-state index contributed by atoms with van der Waals surface area (Å²) in [7, 11) is 0. The van der Waals surface area contributed by atoms with E-state index in [0.717, 1.165) is 72.3 Å². The second kappa shape index (κ2) is 19.2. The van der Waals surface area contributed by atoms with Gasteiger partial charge in [-0.1, -0.05) is 150 Å². The maximum absolute atomic E-state index is 12.7. The molecule has 0 spiro atoms. The molecule has 10 rings (SSSR count). The van der Waals surface area contributed by atoms with E-state index in [4.69, 9.17) is 16.3 Å². The fraction of sp³-hybridized carbons (Fsp3) is 0.200. The zero-order chi connectivity index (χ0) is 49.7. The average Bonchev–Trinajstić information content (AvgIpc) is 3.92. The van der Waals surface area contributed by atoms with Crippen molar-refractivity contribution in [2.75, 3.05) is 0 Å². The van der Waals surface area contributed by atoms with Gasteiger partial charge in [0.2, 0.25) is 0 Å². The summed E-state index contributed by atoms with van der Waals surface area (Å²) in [5.74, 6) is 0.832. The predicted molar refractivity (Wildman–Crippen MR) is 268 cm³/mol. The molecular formula is C60H54FIrN3O-2. The monoisotopic (exact) mass is 1050 g/mol. The molecule has 3 aromatic heterocycles. The average molecular weight is 1050 g/mol. The molecule has 333 valence electrons. The molecule has 4 nitrogen and oxygen atoms in total. The number of furan rings is 1. The molecule has 66 heavy (non-hydrogen) atoms. The van der Waals surface area contributed by atoms with Crippen LogP contribution in [0.2, 0.25) is 0 Å². The molecule has 0 aliphatic rings. The standard InChI is InChI=1S/C48H45N2O.C12H9FN.Ir/c1-30(2)40-26-36(34-22-20-32(21-23-34)29-48(5,6)7)27-41(31(3)4)45(40)50-43-19-12-11-18-42(43)49-47(50)39-17-13-16-38-37-25-24-35(28-44(37)51-46(38)39)33-14-9-8-10-15-33;1-9-2-7-12(14-8-9)10-3-5-11(13)6-4-10;/h8-16,18-28,30-31H,29H2,1-7H3;2-3,5-8H,1H3;/q2*-1;/i29D2;1D3;. The molecule has 0 N–H and O–H groups in total. The van der Waals surface area contributed by atoms with E-state index in [9.17, 15) is 4.39 Å². The van der Waals surface area contributed by atoms with Crippen LogP contribution < -0.4 is 0 Å². The Morgan fingerprint density at radius 3 is 2.08 bits per heavy atom. The van der Waals surface area contributed by atoms with Gasteiger partial charge in [-0.05, 0) is 111 Å². The summed E-state index contributed by atoms with van der Waals surface area (Å²) < 4.78 is 61.1. The van der Waals surface area contributed by atoms with Gasteiger partial charge in [0.25, 0.3) is 0 Å². The van der Waals surface area contributed by atoms with Crippen LogP contribution in [0.3, 0.4) is 0 Å². The van der Waals surface area contributed by atoms with Gasteiger partial charge in [-0.3, -0.25) is 9.37 Å². The summed E-state index contributed by atoms with van der Waals surface area (Å²) in [6.45, 7) is 12.7. The van der Waals surface area contributed by atoms with E-state index < -0.39 is 18.6 Å². The smallest absolute Gasteiger partial charge is 0.121 e. The molecule has 3 heterocycles. The van der Waals surface area contributed by atoms with Crippen LogP contribution in [-0.4, -0.2) is 14.5 Å². The van der Waals surface area contributed by atoms with Crippen molar-refractivity contribution < 1.29 is 35.8 Å². The maximum Gasteiger partial charge on any atom is 0.121 e. The predicted octanol–water partition coefficient (Wildman–Crippen LogP) is 16.6. The summed E-state index contributed by atoms with van der Waals surface area (Å²) in [6.07, 6.45) is -0.149. The number of rotatable bonds is 8. The van der Waals surface area contributed by atoms with Crippen molar-refractivity contribution in [2.24, 2.45) is 5.41 Å². The molecule has 0 bridgehead atoms. The first-order chi connectivity index (χ1) is 33.3. The van der Waals surface area contributed by atoms with Crippen molar-refractivity contribution in [1.82, 2.24) is 14.5 Å². The normalized spacial score (nSPS) is 13.2. The molecule has 10 aromatic rings. The first-order valence-corrected chi connectivity index (χ1v) is 22.1. The Morgan fingerprint density at radius 2 is 1.42 bits per heavy atom. The Balaban J connectivity index is 0.000000318. The number of aromatic nitrogens is 3. The van der Waals surface area contributed by atoms with E-state index in [1.165, 1.54) is 35.5 Å². The molecule has 0 unspecified atom stereocenters. The number of fused-ring (bicyclic) bond motifs is 4. The Hall–Kier alpha value is -6.46. The van der Waals surface area contributed by atoms with Crippen LogP contribution in [0.25, 0.3) is 83.6 Å². The molecule has 1 radical (unpaired) electrons. The van der Waals surface area contributed by atoms with Gasteiger partial charge in [-0.2, -0.15) is 0 Å². The number of hydrogen-bond donors (Lipinski definition) is 0. The van der Waals surface area contributed by atoms with Crippen molar-refractivity contribution in [1.29, 1.82) is 0 Å². The number of benzene rings is 7. The molecule has 6 heteroatoms. The fourth-order valence-electron chi connectivity index (χ4n) is 8.42. The quantitative estimate of drug-likeness (QED) is 0.142. The van der Waals surface area contributed by atoms with Gasteiger partial charge < -0.3 is 14.0 Å². The second-order valence-corrected chi connectivity index (χ2v) is 18.2. The number of imidazole rings is 1. The van der Waals surface area contributed by atoms with Gasteiger partial charge in [0, 0.05) is 50.0 Å². The number of nitrogens with zero attached hydrogens (tertiary/aromatic N) is 3. The summed E-state index contributed by atoms with van der Waals surface area (Å²) >= 11 is 0. The van der Waals surface area contributed by atoms with E-state index >= 15 is 0 Å². The van der Waals surface area contributed by atoms with Crippen LogP contribution in [0.15, 0.2) is 162 Å². The zero-order valence-corrected chi connectivity index (χ0v) is 40.5. The van der Waals surface area contributed by atoms with Gasteiger partial charge in [0.1, 0.15) is 5.58 Å². The van der Waals surface area contributed by atoms with E-state index in [2.05, 4.69) is 140 Å². The topological polar surface area (TPSA) is 43.9 Å². The number of pyridine rings is 1. The van der Waals surface area contributed by atoms with Crippen LogP contribution in [0.4, 0.5) is 4.39 Å². The van der Waals surface area contributed by atoms with E-state index in [-0.39, 0.29) is 43.3 Å². The SMILES string of the molecule is [2H]C([2H])([2H])c1ccc(-c2[c-]cc(F)cc2)nc1.[2H]C([2H])(c1ccc(-c2cc(C(C)C)c(-n3c(-c4[c-]ccc5c4oc4cc(-c6ccccc6)ccc45)nc4ccccc43)c(C(C)C)c2)cc1)C(C)(C)C.[Ir]. The summed E-state index contributed by atoms with van der Waals surface area (Å²) in [4.78, 5) is 9.35. The van der Waals surface area contributed by atoms with Crippen molar-refractivity contribution in [2.45, 2.75) is 73.5 Å². The Morgan fingerprint density at radius 1 is 0.727 bits per heavy atom. The van der Waals surface area contributed by atoms with E-state index in [1.807, 2.05) is 51.1 Å². The Kier molecular flexibility index (Phi) is 11.6. The van der Waals surface area contributed by atoms with Gasteiger partial charge in [-0.15, -0.1) is 48.0 Å². The minimum atomic E-state index is -2.15. The molecule has 0 fully saturated rings. The van der Waals surface area contributed by atoms with Crippen LogP contribution >= 0.6 is 0 Å².